The first-order valence-corrected chi connectivity index (χ1v) is 6.18. The van der Waals surface area contributed by atoms with Crippen molar-refractivity contribution in [3.63, 3.8) is 0 Å². The summed E-state index contributed by atoms with van der Waals surface area (Å²) in [5.74, 6) is 0. The quantitative estimate of drug-likeness (QED) is 0.938. The molecule has 1 aromatic carbocycles. The first kappa shape index (κ1) is 14.6. The van der Waals surface area contributed by atoms with Crippen molar-refractivity contribution in [3.8, 4) is 0 Å². The summed E-state index contributed by atoms with van der Waals surface area (Å²) in [6.45, 7) is 1.85. The highest BCUT2D eigenvalue weighted by Gasteiger charge is 2.31. The molecule has 1 N–H and O–H groups in total. The van der Waals surface area contributed by atoms with Crippen LogP contribution in [-0.4, -0.2) is 16.8 Å². The number of nitrogens with one attached hydrogen (secondary N) is 1. The number of hydrogen-bond acceptors (Lipinski definition) is 2. The van der Waals surface area contributed by atoms with Gasteiger partial charge in [0.1, 0.15) is 0 Å². The number of aromatic nitrogens is 2. The predicted octanol–water partition coefficient (Wildman–Crippen LogP) is 3.06. The average Bonchev–Trinajstić information content (AvgIpc) is 2.69. The molecule has 0 saturated carbocycles. The summed E-state index contributed by atoms with van der Waals surface area (Å²) in [6, 6.07) is 6.88. The maximum absolute atomic E-state index is 12.8. The van der Waals surface area contributed by atoms with E-state index in [-0.39, 0.29) is 6.04 Å². The normalized spacial score (nSPS) is 13.5. The molecular formula is C14H16F3N3. The predicted molar refractivity (Wildman–Crippen MR) is 70.3 cm³/mol. The summed E-state index contributed by atoms with van der Waals surface area (Å²) < 4.78 is 40.0. The van der Waals surface area contributed by atoms with Crippen molar-refractivity contribution in [1.82, 2.24) is 15.1 Å². The largest absolute Gasteiger partial charge is 0.416 e. The minimum absolute atomic E-state index is 0.330. The van der Waals surface area contributed by atoms with E-state index in [2.05, 4.69) is 10.4 Å². The van der Waals surface area contributed by atoms with Crippen LogP contribution in [0, 0.1) is 6.92 Å². The Kier molecular flexibility index (Phi) is 3.85. The van der Waals surface area contributed by atoms with E-state index in [0.29, 0.717) is 5.56 Å². The highest BCUT2D eigenvalue weighted by molar-refractivity contribution is 5.33. The lowest BCUT2D eigenvalue weighted by molar-refractivity contribution is -0.137. The Morgan fingerprint density at radius 3 is 2.45 bits per heavy atom. The lowest BCUT2D eigenvalue weighted by Crippen LogP contribution is -2.21. The van der Waals surface area contributed by atoms with Gasteiger partial charge in [-0.1, -0.05) is 12.1 Å². The summed E-state index contributed by atoms with van der Waals surface area (Å²) in [5.41, 5.74) is 1.57. The van der Waals surface area contributed by atoms with Gasteiger partial charge >= 0.3 is 6.18 Å². The molecule has 0 aliphatic rings. The van der Waals surface area contributed by atoms with Gasteiger partial charge in [0.05, 0.1) is 23.0 Å². The summed E-state index contributed by atoms with van der Waals surface area (Å²) >= 11 is 0. The van der Waals surface area contributed by atoms with Gasteiger partial charge in [-0.2, -0.15) is 18.3 Å². The Morgan fingerprint density at radius 1 is 1.25 bits per heavy atom. The van der Waals surface area contributed by atoms with E-state index in [1.807, 2.05) is 13.0 Å². The second-order valence-electron chi connectivity index (χ2n) is 4.68. The van der Waals surface area contributed by atoms with E-state index in [4.69, 9.17) is 0 Å². The highest BCUT2D eigenvalue weighted by atomic mass is 19.4. The van der Waals surface area contributed by atoms with Crippen LogP contribution in [0.5, 0.6) is 0 Å². The molecule has 1 unspecified atom stereocenters. The standard InChI is InChI=1S/C14H16F3N3/c1-9-7-12(20(3)19-9)13(18-2)10-5-4-6-11(8-10)14(15,16)17/h4-8,13,18H,1-3H3. The van der Waals surface area contributed by atoms with Gasteiger partial charge in [-0.25, -0.2) is 0 Å². The van der Waals surface area contributed by atoms with Gasteiger partial charge in [-0.05, 0) is 37.7 Å². The summed E-state index contributed by atoms with van der Waals surface area (Å²) in [4.78, 5) is 0. The summed E-state index contributed by atoms with van der Waals surface area (Å²) in [7, 11) is 3.49. The number of alkyl halides is 3. The fourth-order valence-electron chi connectivity index (χ4n) is 2.28. The molecule has 3 nitrogen and oxygen atoms in total. The molecule has 0 saturated heterocycles. The van der Waals surface area contributed by atoms with E-state index in [9.17, 15) is 13.2 Å². The van der Waals surface area contributed by atoms with Crippen molar-refractivity contribution in [2.45, 2.75) is 19.1 Å². The fourth-order valence-corrected chi connectivity index (χ4v) is 2.28. The zero-order chi connectivity index (χ0) is 14.9. The SMILES string of the molecule is CNC(c1cccc(C(F)(F)F)c1)c1cc(C)nn1C. The van der Waals surface area contributed by atoms with Gasteiger partial charge in [-0.15, -0.1) is 0 Å². The van der Waals surface area contributed by atoms with Gasteiger partial charge in [0.2, 0.25) is 0 Å². The minimum Gasteiger partial charge on any atom is -0.308 e. The third-order valence-corrected chi connectivity index (χ3v) is 3.17. The zero-order valence-corrected chi connectivity index (χ0v) is 11.5. The van der Waals surface area contributed by atoms with E-state index >= 15 is 0 Å². The molecule has 0 bridgehead atoms. The molecule has 0 radical (unpaired) electrons. The zero-order valence-electron chi connectivity index (χ0n) is 11.5. The first-order chi connectivity index (χ1) is 9.32. The van der Waals surface area contributed by atoms with Gasteiger partial charge in [0.15, 0.2) is 0 Å². The molecule has 0 aliphatic carbocycles. The van der Waals surface area contributed by atoms with Crippen molar-refractivity contribution in [3.05, 3.63) is 52.8 Å². The molecule has 0 amide bonds. The maximum atomic E-state index is 12.8. The summed E-state index contributed by atoms with van der Waals surface area (Å²) in [6.07, 6.45) is -4.34. The second kappa shape index (κ2) is 5.28. The molecule has 20 heavy (non-hydrogen) atoms. The van der Waals surface area contributed by atoms with Crippen LogP contribution < -0.4 is 5.32 Å². The van der Waals surface area contributed by atoms with E-state index < -0.39 is 11.7 Å². The minimum atomic E-state index is -4.34. The lowest BCUT2D eigenvalue weighted by Gasteiger charge is -2.18. The number of benzene rings is 1. The van der Waals surface area contributed by atoms with Crippen LogP contribution in [0.4, 0.5) is 13.2 Å². The van der Waals surface area contributed by atoms with Crippen LogP contribution in [-0.2, 0) is 13.2 Å². The molecule has 0 aliphatic heterocycles. The Bertz CT molecular complexity index is 602. The number of halogens is 3. The van der Waals surface area contributed by atoms with E-state index in [1.165, 1.54) is 12.1 Å². The number of nitrogens with zero attached hydrogens (tertiary/aromatic N) is 2. The molecule has 0 spiro atoms. The van der Waals surface area contributed by atoms with Crippen LogP contribution in [0.2, 0.25) is 0 Å². The Labute approximate surface area is 115 Å². The van der Waals surface area contributed by atoms with Crippen LogP contribution in [0.1, 0.15) is 28.6 Å². The molecule has 108 valence electrons. The smallest absolute Gasteiger partial charge is 0.308 e. The first-order valence-electron chi connectivity index (χ1n) is 6.18. The molecule has 6 heteroatoms. The second-order valence-corrected chi connectivity index (χ2v) is 4.68. The van der Waals surface area contributed by atoms with Gasteiger partial charge in [0, 0.05) is 7.05 Å². The van der Waals surface area contributed by atoms with E-state index in [1.54, 1.807) is 24.8 Å². The van der Waals surface area contributed by atoms with Gasteiger partial charge in [0.25, 0.3) is 0 Å². The molecule has 2 rings (SSSR count). The molecule has 1 heterocycles. The lowest BCUT2D eigenvalue weighted by atomic mass is 10.0. The van der Waals surface area contributed by atoms with Crippen molar-refractivity contribution >= 4 is 0 Å². The van der Waals surface area contributed by atoms with Crippen LogP contribution in [0.15, 0.2) is 30.3 Å². The van der Waals surface area contributed by atoms with E-state index in [0.717, 1.165) is 17.5 Å². The van der Waals surface area contributed by atoms with Crippen LogP contribution >= 0.6 is 0 Å². The van der Waals surface area contributed by atoms with Crippen LogP contribution in [0.3, 0.4) is 0 Å². The Balaban J connectivity index is 2.45. The Hall–Kier alpha value is -1.82. The van der Waals surface area contributed by atoms with Gasteiger partial charge in [-0.3, -0.25) is 4.68 Å². The third-order valence-electron chi connectivity index (χ3n) is 3.17. The average molecular weight is 283 g/mol. The highest BCUT2D eigenvalue weighted by Crippen LogP contribution is 2.32. The molecular weight excluding hydrogens is 267 g/mol. The Morgan fingerprint density at radius 2 is 1.95 bits per heavy atom. The molecule has 2 aromatic rings. The van der Waals surface area contributed by atoms with Crippen molar-refractivity contribution < 1.29 is 13.2 Å². The van der Waals surface area contributed by atoms with Crippen LogP contribution in [0.25, 0.3) is 0 Å². The van der Waals surface area contributed by atoms with Crippen molar-refractivity contribution in [1.29, 1.82) is 0 Å². The van der Waals surface area contributed by atoms with Crippen molar-refractivity contribution in [2.75, 3.05) is 7.05 Å². The topological polar surface area (TPSA) is 29.9 Å². The maximum Gasteiger partial charge on any atom is 0.416 e. The number of rotatable bonds is 3. The molecule has 0 fully saturated rings. The monoisotopic (exact) mass is 283 g/mol. The number of hydrogen-bond donors (Lipinski definition) is 1. The molecule has 1 atom stereocenters. The number of aryl methyl sites for hydroxylation is 2. The van der Waals surface area contributed by atoms with Crippen molar-refractivity contribution in [2.24, 2.45) is 7.05 Å². The fraction of sp³-hybridized carbons (Fsp3) is 0.357. The van der Waals surface area contributed by atoms with Gasteiger partial charge < -0.3 is 5.32 Å². The molecule has 1 aromatic heterocycles. The summed E-state index contributed by atoms with van der Waals surface area (Å²) in [5, 5.41) is 7.27. The third kappa shape index (κ3) is 2.85.